The quantitative estimate of drug-likeness (QED) is 0.380. The van der Waals surface area contributed by atoms with E-state index in [2.05, 4.69) is 11.1 Å². The summed E-state index contributed by atoms with van der Waals surface area (Å²) in [6, 6.07) is 0. The van der Waals surface area contributed by atoms with E-state index in [1.165, 1.54) is 0 Å². The minimum atomic E-state index is -0.199. The molecule has 0 nitrogen and oxygen atoms in total. The summed E-state index contributed by atoms with van der Waals surface area (Å²) < 4.78 is 0. The molecule has 1 heterocycles. The molecule has 0 aromatic rings. The van der Waals surface area contributed by atoms with Gasteiger partial charge in [-0.3, -0.25) is 0 Å². The van der Waals surface area contributed by atoms with Gasteiger partial charge in [0.25, 0.3) is 0 Å². The molecule has 4 heteroatoms. The first-order valence-electron chi connectivity index (χ1n) is 1.40. The van der Waals surface area contributed by atoms with Gasteiger partial charge in [0.1, 0.15) is 0 Å². The minimum Gasteiger partial charge on any atom is -0.480 e. The van der Waals surface area contributed by atoms with Crippen LogP contribution in [0.5, 0.6) is 0 Å². The Morgan fingerprint density at radius 2 is 1.33 bits per heavy atom. The van der Waals surface area contributed by atoms with Gasteiger partial charge in [-0.1, -0.05) is 0 Å². The van der Waals surface area contributed by atoms with Crippen LogP contribution in [0.15, 0.2) is 0 Å². The highest BCUT2D eigenvalue weighted by Gasteiger charge is 2.07. The van der Waals surface area contributed by atoms with Crippen molar-refractivity contribution in [3.05, 3.63) is 0 Å². The molecule has 0 radical (unpaired) electrons. The molecule has 0 saturated carbocycles. The summed E-state index contributed by atoms with van der Waals surface area (Å²) in [6.45, 7) is -0.398. The van der Waals surface area contributed by atoms with Crippen LogP contribution >= 0.6 is 13.5 Å². The first-order chi connectivity index (χ1) is 2.79. The summed E-state index contributed by atoms with van der Waals surface area (Å²) in [6.07, 6.45) is 0. The van der Waals surface area contributed by atoms with Crippen LogP contribution in [0.3, 0.4) is 0 Å². The highest BCUT2D eigenvalue weighted by atomic mass is 32.7. The lowest BCUT2D eigenvalue weighted by molar-refractivity contribution is 3.93. The summed E-state index contributed by atoms with van der Waals surface area (Å²) >= 11 is 9.69. The van der Waals surface area contributed by atoms with Gasteiger partial charge >= 0.3 is 0 Å². The maximum Gasteiger partial charge on any atom is 0.240 e. The molecule has 0 aromatic heterocycles. The molecule has 1 rings (SSSR count). The smallest absolute Gasteiger partial charge is 0.240 e. The van der Waals surface area contributed by atoms with Gasteiger partial charge in [0.15, 0.2) is 0 Å². The summed E-state index contributed by atoms with van der Waals surface area (Å²) in [5.74, 6) is 0. The molecule has 1 aliphatic heterocycles. The Balaban J connectivity index is 2.57. The zero-order chi connectivity index (χ0) is 4.57. The zero-order valence-corrected chi connectivity index (χ0v) is 6.29. The second-order valence-corrected chi connectivity index (χ2v) is 6.77. The molecule has 0 spiro atoms. The molecular weight excluding hydrogens is 150 g/mol. The zero-order valence-electron chi connectivity index (χ0n) is 2.87. The lowest BCUT2D eigenvalue weighted by atomic mass is 11.9. The van der Waals surface area contributed by atoms with Crippen LogP contribution in [0.2, 0.25) is 0 Å². The SMILES string of the molecule is [S-][P+]1=C[P+]([S-])=C1. The number of hydrogen-bond donors (Lipinski definition) is 0. The molecule has 0 bridgehead atoms. The summed E-state index contributed by atoms with van der Waals surface area (Å²) in [7, 11) is 0. The van der Waals surface area contributed by atoms with E-state index in [0.717, 1.165) is 0 Å². The minimum absolute atomic E-state index is 0.199. The Morgan fingerprint density at radius 1 is 1.00 bits per heavy atom. The molecule has 0 aliphatic carbocycles. The molecule has 0 atom stereocenters. The molecule has 0 amide bonds. The van der Waals surface area contributed by atoms with E-state index in [-0.39, 0.29) is 13.5 Å². The Morgan fingerprint density at radius 3 is 1.33 bits per heavy atom. The van der Waals surface area contributed by atoms with Crippen molar-refractivity contribution < 1.29 is 0 Å². The van der Waals surface area contributed by atoms with Gasteiger partial charge in [0.2, 0.25) is 11.1 Å². The molecule has 0 aromatic carbocycles. The molecule has 0 unspecified atom stereocenters. The summed E-state index contributed by atoms with van der Waals surface area (Å²) in [5.41, 5.74) is 4.19. The van der Waals surface area contributed by atoms with Gasteiger partial charge in [-0.2, -0.15) is 0 Å². The van der Waals surface area contributed by atoms with Crippen molar-refractivity contribution in [2.45, 2.75) is 0 Å². The fourth-order valence-corrected chi connectivity index (χ4v) is 6.66. The first-order valence-corrected chi connectivity index (χ1v) is 6.38. The predicted octanol–water partition coefficient (Wildman–Crippen LogP) is 1.41. The van der Waals surface area contributed by atoms with Crippen molar-refractivity contribution in [1.82, 2.24) is 0 Å². The van der Waals surface area contributed by atoms with E-state index in [1.54, 1.807) is 0 Å². The van der Waals surface area contributed by atoms with Crippen LogP contribution in [-0.2, 0) is 24.5 Å². The van der Waals surface area contributed by atoms with E-state index in [4.69, 9.17) is 24.5 Å². The van der Waals surface area contributed by atoms with Crippen molar-refractivity contribution in [3.63, 3.8) is 0 Å². The summed E-state index contributed by atoms with van der Waals surface area (Å²) in [4.78, 5) is 0. The third kappa shape index (κ3) is 1.01. The van der Waals surface area contributed by atoms with Gasteiger partial charge in [0, 0.05) is 0 Å². The van der Waals surface area contributed by atoms with Gasteiger partial charge in [-0.15, -0.1) is 0 Å². The lowest BCUT2D eigenvalue weighted by Gasteiger charge is -1.94. The lowest BCUT2D eigenvalue weighted by Crippen LogP contribution is -1.73. The average molecular weight is 152 g/mol. The van der Waals surface area contributed by atoms with E-state index < -0.39 is 0 Å². The Hall–Kier alpha value is 1.04. The molecule has 1 aliphatic rings. The predicted molar refractivity (Wildman–Crippen MR) is 40.7 cm³/mol. The molecule has 0 fully saturated rings. The van der Waals surface area contributed by atoms with Crippen molar-refractivity contribution in [2.75, 3.05) is 0 Å². The van der Waals surface area contributed by atoms with Crippen molar-refractivity contribution in [1.29, 1.82) is 0 Å². The van der Waals surface area contributed by atoms with Crippen LogP contribution in [0.25, 0.3) is 0 Å². The fourth-order valence-electron chi connectivity index (χ4n) is 0.214. The molecule has 0 N–H and O–H groups in total. The summed E-state index contributed by atoms with van der Waals surface area (Å²) in [5, 5.41) is 0. The van der Waals surface area contributed by atoms with E-state index in [1.807, 2.05) is 0 Å². The first kappa shape index (κ1) is 5.18. The highest BCUT2D eigenvalue weighted by Crippen LogP contribution is 2.38. The fraction of sp³-hybridized carbons (Fsp3) is 0. The average Bonchev–Trinajstić information content (AvgIpc) is 1.33. The van der Waals surface area contributed by atoms with Crippen LogP contribution in [-0.4, -0.2) is 11.1 Å². The molecule has 6 heavy (non-hydrogen) atoms. The Kier molecular flexibility index (Phi) is 1.62. The number of rotatable bonds is 0. The third-order valence-electron chi connectivity index (χ3n) is 0.455. The van der Waals surface area contributed by atoms with Crippen molar-refractivity contribution in [3.8, 4) is 0 Å². The monoisotopic (exact) mass is 152 g/mol. The molecule has 32 valence electrons. The molecular formula is C2H2P2S2. The van der Waals surface area contributed by atoms with E-state index in [0.29, 0.717) is 0 Å². The van der Waals surface area contributed by atoms with Gasteiger partial charge in [0.05, 0.1) is 13.5 Å². The highest BCUT2D eigenvalue weighted by molar-refractivity contribution is 8.57. The number of hydrogen-bond acceptors (Lipinski definition) is 2. The van der Waals surface area contributed by atoms with Crippen LogP contribution in [0, 0.1) is 0 Å². The normalized spacial score (nSPS) is 30.3. The topological polar surface area (TPSA) is 0 Å². The largest absolute Gasteiger partial charge is 0.480 e. The van der Waals surface area contributed by atoms with Gasteiger partial charge in [-0.05, 0) is 0 Å². The van der Waals surface area contributed by atoms with Crippen LogP contribution in [0.4, 0.5) is 0 Å². The van der Waals surface area contributed by atoms with Crippen LogP contribution in [0.1, 0.15) is 0 Å². The van der Waals surface area contributed by atoms with E-state index in [9.17, 15) is 0 Å². The second kappa shape index (κ2) is 1.88. The second-order valence-electron chi connectivity index (χ2n) is 0.951. The Labute approximate surface area is 49.4 Å². The third-order valence-corrected chi connectivity index (χ3v) is 7.49. The van der Waals surface area contributed by atoms with Gasteiger partial charge < -0.3 is 24.5 Å². The Bertz CT molecular complexity index is 104. The standard InChI is InChI=1S/C2H2P2S2/c5-3-1-4(6)2-3/h1-2H. The van der Waals surface area contributed by atoms with E-state index >= 15 is 0 Å². The molecule has 0 saturated heterocycles. The van der Waals surface area contributed by atoms with Crippen molar-refractivity contribution in [2.24, 2.45) is 0 Å². The maximum absolute atomic E-state index is 4.85. The van der Waals surface area contributed by atoms with Crippen LogP contribution < -0.4 is 0 Å². The maximum atomic E-state index is 4.85. The van der Waals surface area contributed by atoms with Crippen molar-refractivity contribution >= 4 is 49.1 Å². The van der Waals surface area contributed by atoms with Gasteiger partial charge in [-0.25, -0.2) is 0 Å².